The Morgan fingerprint density at radius 2 is 2.00 bits per heavy atom. The first-order chi connectivity index (χ1) is 10.4. The minimum Gasteiger partial charge on any atom is -0.392 e. The Bertz CT molecular complexity index is 537. The highest BCUT2D eigenvalue weighted by Gasteiger charge is 2.34. The van der Waals surface area contributed by atoms with E-state index in [4.69, 9.17) is 16.4 Å². The zero-order valence-corrected chi connectivity index (χ0v) is 13.2. The van der Waals surface area contributed by atoms with Crippen LogP contribution in [0.4, 0.5) is 13.2 Å². The molecule has 0 atom stereocenters. The van der Waals surface area contributed by atoms with Gasteiger partial charge in [-0.05, 0) is 50.3 Å². The van der Waals surface area contributed by atoms with Gasteiger partial charge in [0, 0.05) is 10.6 Å². The molecule has 1 aliphatic carbocycles. The van der Waals surface area contributed by atoms with Crippen LogP contribution in [0.25, 0.3) is 0 Å². The third-order valence-corrected chi connectivity index (χ3v) is 3.93. The quantitative estimate of drug-likeness (QED) is 0.491. The van der Waals surface area contributed by atoms with E-state index in [9.17, 15) is 13.2 Å². The van der Waals surface area contributed by atoms with Crippen molar-refractivity contribution < 1.29 is 18.0 Å². The van der Waals surface area contributed by atoms with E-state index < -0.39 is 11.7 Å². The van der Waals surface area contributed by atoms with Crippen LogP contribution in [0.1, 0.15) is 56.6 Å². The molecule has 0 aliphatic heterocycles. The van der Waals surface area contributed by atoms with Gasteiger partial charge in [0.2, 0.25) is 0 Å². The van der Waals surface area contributed by atoms with Gasteiger partial charge in [-0.3, -0.25) is 0 Å². The molecule has 122 valence electrons. The Morgan fingerprint density at radius 3 is 2.59 bits per heavy atom. The van der Waals surface area contributed by atoms with Crippen molar-refractivity contribution in [2.75, 3.05) is 0 Å². The van der Waals surface area contributed by atoms with E-state index in [0.29, 0.717) is 18.6 Å². The summed E-state index contributed by atoms with van der Waals surface area (Å²) in [5.74, 6) is 0. The lowest BCUT2D eigenvalue weighted by Crippen LogP contribution is -2.15. The predicted molar refractivity (Wildman–Crippen MR) is 81.2 cm³/mol. The van der Waals surface area contributed by atoms with E-state index in [2.05, 4.69) is 5.16 Å². The number of halogens is 4. The Morgan fingerprint density at radius 1 is 1.32 bits per heavy atom. The first-order valence-electron chi connectivity index (χ1n) is 7.51. The molecular weight excluding hydrogens is 315 g/mol. The van der Waals surface area contributed by atoms with Crippen LogP contribution in [0, 0.1) is 0 Å². The van der Waals surface area contributed by atoms with Gasteiger partial charge in [-0.2, -0.15) is 13.2 Å². The SMILES string of the molecule is CCCC(=NOC1CCCC1)c1cc(Cl)ccc1C(F)(F)F. The molecular formula is C16H19ClF3NO. The molecule has 2 rings (SSSR count). The zero-order valence-electron chi connectivity index (χ0n) is 12.4. The van der Waals surface area contributed by atoms with E-state index in [-0.39, 0.29) is 16.7 Å². The van der Waals surface area contributed by atoms with E-state index in [1.54, 1.807) is 0 Å². The second-order valence-corrected chi connectivity index (χ2v) is 5.92. The van der Waals surface area contributed by atoms with Gasteiger partial charge in [0.15, 0.2) is 0 Å². The second-order valence-electron chi connectivity index (χ2n) is 5.49. The number of rotatable bonds is 5. The first-order valence-corrected chi connectivity index (χ1v) is 7.89. The van der Waals surface area contributed by atoms with Crippen LogP contribution in [0.3, 0.4) is 0 Å². The molecule has 0 amide bonds. The average molecular weight is 334 g/mol. The number of nitrogens with zero attached hydrogens (tertiary/aromatic N) is 1. The number of alkyl halides is 3. The molecule has 1 saturated carbocycles. The predicted octanol–water partition coefficient (Wildman–Crippen LogP) is 5.82. The fourth-order valence-electron chi connectivity index (χ4n) is 2.60. The summed E-state index contributed by atoms with van der Waals surface area (Å²) in [5.41, 5.74) is -0.400. The lowest BCUT2D eigenvalue weighted by molar-refractivity contribution is -0.137. The summed E-state index contributed by atoms with van der Waals surface area (Å²) in [6.07, 6.45) is 0.632. The standard InChI is InChI=1S/C16H19ClF3NO/c1-2-5-15(21-22-12-6-3-4-7-12)13-10-11(17)8-9-14(13)16(18,19)20/h8-10,12H,2-7H2,1H3. The van der Waals surface area contributed by atoms with Crippen molar-refractivity contribution in [3.05, 3.63) is 34.3 Å². The Kier molecular flexibility index (Phi) is 5.73. The maximum absolute atomic E-state index is 13.2. The second kappa shape index (κ2) is 7.36. The van der Waals surface area contributed by atoms with Crippen LogP contribution in [0.5, 0.6) is 0 Å². The first kappa shape index (κ1) is 17.1. The highest BCUT2D eigenvalue weighted by atomic mass is 35.5. The van der Waals surface area contributed by atoms with Crippen LogP contribution in [0.2, 0.25) is 5.02 Å². The van der Waals surface area contributed by atoms with Gasteiger partial charge in [-0.1, -0.05) is 30.1 Å². The van der Waals surface area contributed by atoms with E-state index in [1.165, 1.54) is 12.1 Å². The zero-order chi connectivity index (χ0) is 16.2. The van der Waals surface area contributed by atoms with Gasteiger partial charge in [-0.25, -0.2) is 0 Å². The fourth-order valence-corrected chi connectivity index (χ4v) is 2.77. The Balaban J connectivity index is 2.34. The summed E-state index contributed by atoms with van der Waals surface area (Å²) in [4.78, 5) is 5.46. The molecule has 0 heterocycles. The topological polar surface area (TPSA) is 21.6 Å². The number of hydrogen-bond acceptors (Lipinski definition) is 2. The Hall–Kier alpha value is -1.23. The average Bonchev–Trinajstić information content (AvgIpc) is 2.95. The molecule has 6 heteroatoms. The maximum Gasteiger partial charge on any atom is 0.417 e. The molecule has 0 N–H and O–H groups in total. The summed E-state index contributed by atoms with van der Waals surface area (Å²) in [5, 5.41) is 4.30. The smallest absolute Gasteiger partial charge is 0.392 e. The van der Waals surface area contributed by atoms with Gasteiger partial charge < -0.3 is 4.84 Å². The maximum atomic E-state index is 13.2. The van der Waals surface area contributed by atoms with Crippen molar-refractivity contribution in [1.29, 1.82) is 0 Å². The molecule has 0 aromatic heterocycles. The Labute approximate surface area is 133 Å². The molecule has 22 heavy (non-hydrogen) atoms. The van der Waals surface area contributed by atoms with Crippen molar-refractivity contribution in [3.8, 4) is 0 Å². The van der Waals surface area contributed by atoms with Crippen molar-refractivity contribution in [3.63, 3.8) is 0 Å². The summed E-state index contributed by atoms with van der Waals surface area (Å²) in [6.45, 7) is 1.89. The molecule has 1 aromatic rings. The number of oxime groups is 1. The van der Waals surface area contributed by atoms with Gasteiger partial charge in [0.1, 0.15) is 6.10 Å². The molecule has 0 bridgehead atoms. The van der Waals surface area contributed by atoms with Gasteiger partial charge >= 0.3 is 6.18 Å². The number of benzene rings is 1. The summed E-state index contributed by atoms with van der Waals surface area (Å²) >= 11 is 5.88. The molecule has 1 fully saturated rings. The van der Waals surface area contributed by atoms with E-state index in [1.807, 2.05) is 6.92 Å². The lowest BCUT2D eigenvalue weighted by Gasteiger charge is -2.15. The lowest BCUT2D eigenvalue weighted by atomic mass is 9.99. The molecule has 2 nitrogen and oxygen atoms in total. The minimum absolute atomic E-state index is 0.0137. The van der Waals surface area contributed by atoms with Crippen LogP contribution in [-0.4, -0.2) is 11.8 Å². The normalized spacial score (nSPS) is 17.0. The van der Waals surface area contributed by atoms with Crippen LogP contribution in [0.15, 0.2) is 23.4 Å². The van der Waals surface area contributed by atoms with E-state index in [0.717, 1.165) is 31.7 Å². The van der Waals surface area contributed by atoms with Gasteiger partial charge in [0.25, 0.3) is 0 Å². The van der Waals surface area contributed by atoms with Gasteiger partial charge in [0.05, 0.1) is 11.3 Å². The summed E-state index contributed by atoms with van der Waals surface area (Å²) < 4.78 is 39.5. The third kappa shape index (κ3) is 4.38. The fraction of sp³-hybridized carbons (Fsp3) is 0.562. The van der Waals surface area contributed by atoms with E-state index >= 15 is 0 Å². The van der Waals surface area contributed by atoms with Crippen molar-refractivity contribution >= 4 is 17.3 Å². The molecule has 0 saturated heterocycles. The highest BCUT2D eigenvalue weighted by molar-refractivity contribution is 6.31. The third-order valence-electron chi connectivity index (χ3n) is 3.70. The molecule has 1 aliphatic rings. The molecule has 0 unspecified atom stereocenters. The van der Waals surface area contributed by atoms with Crippen molar-refractivity contribution in [2.24, 2.45) is 5.16 Å². The van der Waals surface area contributed by atoms with Crippen LogP contribution in [-0.2, 0) is 11.0 Å². The summed E-state index contributed by atoms with van der Waals surface area (Å²) in [7, 11) is 0. The van der Waals surface area contributed by atoms with Crippen molar-refractivity contribution in [1.82, 2.24) is 0 Å². The molecule has 0 spiro atoms. The number of hydrogen-bond donors (Lipinski definition) is 0. The monoisotopic (exact) mass is 333 g/mol. The minimum atomic E-state index is -4.44. The van der Waals surface area contributed by atoms with Crippen molar-refractivity contribution in [2.45, 2.75) is 57.7 Å². The molecule has 1 aromatic carbocycles. The van der Waals surface area contributed by atoms with Crippen LogP contribution < -0.4 is 0 Å². The summed E-state index contributed by atoms with van der Waals surface area (Å²) in [6, 6.07) is 3.56. The highest BCUT2D eigenvalue weighted by Crippen LogP contribution is 2.34. The molecule has 0 radical (unpaired) electrons. The van der Waals surface area contributed by atoms with Gasteiger partial charge in [-0.15, -0.1) is 0 Å². The largest absolute Gasteiger partial charge is 0.417 e. The van der Waals surface area contributed by atoms with Crippen LogP contribution >= 0.6 is 11.6 Å².